The van der Waals surface area contributed by atoms with Crippen molar-refractivity contribution >= 4 is 5.91 Å². The number of carbonyl (C=O) groups excluding carboxylic acids is 1. The van der Waals surface area contributed by atoms with E-state index in [0.717, 1.165) is 26.0 Å². The van der Waals surface area contributed by atoms with E-state index < -0.39 is 0 Å². The van der Waals surface area contributed by atoms with Crippen LogP contribution in [0.1, 0.15) is 37.0 Å². The summed E-state index contributed by atoms with van der Waals surface area (Å²) in [7, 11) is 0. The molecule has 1 N–H and O–H groups in total. The van der Waals surface area contributed by atoms with Crippen LogP contribution >= 0.6 is 0 Å². The van der Waals surface area contributed by atoms with E-state index in [0.29, 0.717) is 5.56 Å². The van der Waals surface area contributed by atoms with Crippen molar-refractivity contribution in [3.8, 4) is 0 Å². The van der Waals surface area contributed by atoms with Crippen molar-refractivity contribution < 1.29 is 9.53 Å². The number of nitrogens with zero attached hydrogens (tertiary/aromatic N) is 2. The van der Waals surface area contributed by atoms with E-state index in [2.05, 4.69) is 10.4 Å². The summed E-state index contributed by atoms with van der Waals surface area (Å²) in [4.78, 5) is 11.7. The molecule has 1 atom stereocenters. The summed E-state index contributed by atoms with van der Waals surface area (Å²) in [6.07, 6.45) is 5.82. The second-order valence-electron chi connectivity index (χ2n) is 4.71. The van der Waals surface area contributed by atoms with E-state index in [4.69, 9.17) is 4.74 Å². The number of aromatic nitrogens is 2. The highest BCUT2D eigenvalue weighted by atomic mass is 16.5. The number of rotatable bonds is 4. The molecule has 5 heteroatoms. The van der Waals surface area contributed by atoms with Gasteiger partial charge in [0.15, 0.2) is 0 Å². The normalized spacial score (nSPS) is 19.8. The number of carbonyl (C=O) groups is 1. The standard InChI is InChI=1S/C12H19N3O2/c1-9(2)14-12(16)10-6-13-15(7-10)8-11-4-3-5-17-11/h6-7,9,11H,3-5,8H2,1-2H3,(H,14,16). The molecule has 1 unspecified atom stereocenters. The first-order valence-corrected chi connectivity index (χ1v) is 6.10. The van der Waals surface area contributed by atoms with Gasteiger partial charge in [0, 0.05) is 18.8 Å². The lowest BCUT2D eigenvalue weighted by atomic mass is 10.2. The Morgan fingerprint density at radius 3 is 3.18 bits per heavy atom. The number of hydrogen-bond acceptors (Lipinski definition) is 3. The molecule has 0 radical (unpaired) electrons. The molecule has 2 rings (SSSR count). The molecule has 0 saturated carbocycles. The maximum absolute atomic E-state index is 11.7. The monoisotopic (exact) mass is 237 g/mol. The van der Waals surface area contributed by atoms with Crippen LogP contribution in [0.3, 0.4) is 0 Å². The lowest BCUT2D eigenvalue weighted by molar-refractivity contribution is 0.0926. The molecule has 17 heavy (non-hydrogen) atoms. The summed E-state index contributed by atoms with van der Waals surface area (Å²) in [5, 5.41) is 7.03. The summed E-state index contributed by atoms with van der Waals surface area (Å²) >= 11 is 0. The molecule has 1 fully saturated rings. The molecule has 1 aromatic heterocycles. The van der Waals surface area contributed by atoms with Gasteiger partial charge in [-0.25, -0.2) is 0 Å². The fraction of sp³-hybridized carbons (Fsp3) is 0.667. The van der Waals surface area contributed by atoms with Gasteiger partial charge in [0.1, 0.15) is 0 Å². The maximum Gasteiger partial charge on any atom is 0.254 e. The van der Waals surface area contributed by atoms with Crippen LogP contribution < -0.4 is 5.32 Å². The minimum Gasteiger partial charge on any atom is -0.376 e. The van der Waals surface area contributed by atoms with Gasteiger partial charge in [-0.2, -0.15) is 5.10 Å². The molecule has 0 aliphatic carbocycles. The predicted molar refractivity (Wildman–Crippen MR) is 63.8 cm³/mol. The van der Waals surface area contributed by atoms with Crippen molar-refractivity contribution in [1.29, 1.82) is 0 Å². The van der Waals surface area contributed by atoms with Crippen LogP contribution in [0.2, 0.25) is 0 Å². The molecule has 1 aliphatic rings. The minimum absolute atomic E-state index is 0.0707. The average molecular weight is 237 g/mol. The first-order valence-electron chi connectivity index (χ1n) is 6.10. The third kappa shape index (κ3) is 3.30. The van der Waals surface area contributed by atoms with Gasteiger partial charge in [0.25, 0.3) is 5.91 Å². The van der Waals surface area contributed by atoms with Gasteiger partial charge >= 0.3 is 0 Å². The SMILES string of the molecule is CC(C)NC(=O)c1cnn(CC2CCCO2)c1. The summed E-state index contributed by atoms with van der Waals surface area (Å²) in [6, 6.07) is 0.143. The molecule has 0 bridgehead atoms. The Labute approximate surface area is 101 Å². The van der Waals surface area contributed by atoms with Crippen molar-refractivity contribution in [2.45, 2.75) is 45.4 Å². The van der Waals surface area contributed by atoms with Crippen LogP contribution in [0.4, 0.5) is 0 Å². The molecule has 1 amide bonds. The molecule has 0 aromatic carbocycles. The summed E-state index contributed by atoms with van der Waals surface area (Å²) in [5.41, 5.74) is 0.608. The maximum atomic E-state index is 11.7. The highest BCUT2D eigenvalue weighted by Crippen LogP contribution is 2.13. The van der Waals surface area contributed by atoms with Crippen LogP contribution in [0.5, 0.6) is 0 Å². The van der Waals surface area contributed by atoms with E-state index >= 15 is 0 Å². The highest BCUT2D eigenvalue weighted by Gasteiger charge is 2.17. The Hall–Kier alpha value is -1.36. The Kier molecular flexibility index (Phi) is 3.78. The number of hydrogen-bond donors (Lipinski definition) is 1. The zero-order valence-electron chi connectivity index (χ0n) is 10.3. The Morgan fingerprint density at radius 1 is 1.71 bits per heavy atom. The van der Waals surface area contributed by atoms with Crippen LogP contribution in [-0.2, 0) is 11.3 Å². The molecule has 0 spiro atoms. The molecule has 1 aromatic rings. The Balaban J connectivity index is 1.92. The van der Waals surface area contributed by atoms with Crippen LogP contribution in [0.15, 0.2) is 12.4 Å². The zero-order chi connectivity index (χ0) is 12.3. The highest BCUT2D eigenvalue weighted by molar-refractivity contribution is 5.93. The average Bonchev–Trinajstić information content (AvgIpc) is 2.88. The van der Waals surface area contributed by atoms with Crippen LogP contribution in [-0.4, -0.2) is 34.4 Å². The fourth-order valence-corrected chi connectivity index (χ4v) is 1.92. The number of nitrogens with one attached hydrogen (secondary N) is 1. The quantitative estimate of drug-likeness (QED) is 0.856. The molecule has 94 valence electrons. The van der Waals surface area contributed by atoms with Crippen molar-refractivity contribution in [3.63, 3.8) is 0 Å². The van der Waals surface area contributed by atoms with Gasteiger partial charge in [0.2, 0.25) is 0 Å². The smallest absolute Gasteiger partial charge is 0.254 e. The van der Waals surface area contributed by atoms with Gasteiger partial charge in [-0.05, 0) is 26.7 Å². The second-order valence-corrected chi connectivity index (χ2v) is 4.71. The third-order valence-electron chi connectivity index (χ3n) is 2.73. The predicted octanol–water partition coefficient (Wildman–Crippen LogP) is 1.20. The first kappa shape index (κ1) is 12.1. The van der Waals surface area contributed by atoms with Gasteiger partial charge in [-0.3, -0.25) is 9.48 Å². The van der Waals surface area contributed by atoms with E-state index in [1.54, 1.807) is 17.1 Å². The van der Waals surface area contributed by atoms with E-state index in [1.165, 1.54) is 0 Å². The minimum atomic E-state index is -0.0707. The molecular weight excluding hydrogens is 218 g/mol. The van der Waals surface area contributed by atoms with Crippen molar-refractivity contribution in [2.24, 2.45) is 0 Å². The van der Waals surface area contributed by atoms with E-state index in [9.17, 15) is 4.79 Å². The fourth-order valence-electron chi connectivity index (χ4n) is 1.92. The second kappa shape index (κ2) is 5.31. The Morgan fingerprint density at radius 2 is 2.53 bits per heavy atom. The molecular formula is C12H19N3O2. The van der Waals surface area contributed by atoms with Gasteiger partial charge < -0.3 is 10.1 Å². The van der Waals surface area contributed by atoms with Gasteiger partial charge in [0.05, 0.1) is 24.4 Å². The number of amides is 1. The largest absolute Gasteiger partial charge is 0.376 e. The van der Waals surface area contributed by atoms with Crippen molar-refractivity contribution in [1.82, 2.24) is 15.1 Å². The summed E-state index contributed by atoms with van der Waals surface area (Å²) in [6.45, 7) is 5.45. The van der Waals surface area contributed by atoms with Gasteiger partial charge in [-0.15, -0.1) is 0 Å². The molecule has 2 heterocycles. The molecule has 1 aliphatic heterocycles. The lowest BCUT2D eigenvalue weighted by Gasteiger charge is -2.08. The topological polar surface area (TPSA) is 56.2 Å². The summed E-state index contributed by atoms with van der Waals surface area (Å²) < 4.78 is 7.31. The number of ether oxygens (including phenoxy) is 1. The van der Waals surface area contributed by atoms with Crippen molar-refractivity contribution in [3.05, 3.63) is 18.0 Å². The van der Waals surface area contributed by atoms with Crippen LogP contribution in [0.25, 0.3) is 0 Å². The summed E-state index contributed by atoms with van der Waals surface area (Å²) in [5.74, 6) is -0.0707. The Bertz CT molecular complexity index is 381. The first-order chi connectivity index (χ1) is 8.15. The van der Waals surface area contributed by atoms with E-state index in [-0.39, 0.29) is 18.1 Å². The third-order valence-corrected chi connectivity index (χ3v) is 2.73. The van der Waals surface area contributed by atoms with Gasteiger partial charge in [-0.1, -0.05) is 0 Å². The van der Waals surface area contributed by atoms with Crippen LogP contribution in [0, 0.1) is 0 Å². The lowest BCUT2D eigenvalue weighted by Crippen LogP contribution is -2.29. The van der Waals surface area contributed by atoms with E-state index in [1.807, 2.05) is 13.8 Å². The molecule has 5 nitrogen and oxygen atoms in total. The zero-order valence-corrected chi connectivity index (χ0v) is 10.3. The molecule has 1 saturated heterocycles. The van der Waals surface area contributed by atoms with Crippen molar-refractivity contribution in [2.75, 3.05) is 6.61 Å².